The van der Waals surface area contributed by atoms with E-state index in [9.17, 15) is 9.59 Å². The molecule has 4 nitrogen and oxygen atoms in total. The SMILES string of the molecule is COC(=O)CCCCC(=O)OCl. The normalized spacial score (nSPS) is 9.17. The molecule has 0 aromatic carbocycles. The summed E-state index contributed by atoms with van der Waals surface area (Å²) >= 11 is 4.78. The number of halogens is 1. The van der Waals surface area contributed by atoms with Crippen molar-refractivity contribution in [3.8, 4) is 0 Å². The van der Waals surface area contributed by atoms with Crippen molar-refractivity contribution in [2.24, 2.45) is 0 Å². The molecule has 5 heteroatoms. The summed E-state index contributed by atoms with van der Waals surface area (Å²) in [4.78, 5) is 21.0. The Morgan fingerprint density at radius 3 is 2.08 bits per heavy atom. The first-order chi connectivity index (χ1) is 5.70. The van der Waals surface area contributed by atoms with Crippen molar-refractivity contribution in [3.63, 3.8) is 0 Å². The van der Waals surface area contributed by atoms with Gasteiger partial charge in [-0.3, -0.25) is 9.59 Å². The monoisotopic (exact) mass is 194 g/mol. The highest BCUT2D eigenvalue weighted by Crippen LogP contribution is 2.02. The quantitative estimate of drug-likeness (QED) is 0.491. The van der Waals surface area contributed by atoms with Gasteiger partial charge in [0, 0.05) is 12.8 Å². The van der Waals surface area contributed by atoms with E-state index in [4.69, 9.17) is 11.9 Å². The van der Waals surface area contributed by atoms with E-state index in [-0.39, 0.29) is 12.4 Å². The molecule has 0 heterocycles. The van der Waals surface area contributed by atoms with Gasteiger partial charge in [-0.2, -0.15) is 0 Å². The number of hydrogen-bond donors (Lipinski definition) is 0. The molecule has 0 atom stereocenters. The number of rotatable bonds is 5. The summed E-state index contributed by atoms with van der Waals surface area (Å²) in [5, 5.41) is 0. The lowest BCUT2D eigenvalue weighted by molar-refractivity contribution is -0.141. The average Bonchev–Trinajstić information content (AvgIpc) is 2.11. The van der Waals surface area contributed by atoms with Crippen LogP contribution in [0.25, 0.3) is 0 Å². The molecule has 0 aromatic heterocycles. The van der Waals surface area contributed by atoms with Gasteiger partial charge in [-0.05, 0) is 12.8 Å². The number of hydrogen-bond acceptors (Lipinski definition) is 4. The van der Waals surface area contributed by atoms with Crippen molar-refractivity contribution in [1.82, 2.24) is 0 Å². The van der Waals surface area contributed by atoms with Crippen LogP contribution < -0.4 is 0 Å². The van der Waals surface area contributed by atoms with E-state index < -0.39 is 5.97 Å². The van der Waals surface area contributed by atoms with Gasteiger partial charge in [0.25, 0.3) is 0 Å². The summed E-state index contributed by atoms with van der Waals surface area (Å²) < 4.78 is 8.30. The van der Waals surface area contributed by atoms with Gasteiger partial charge in [0.1, 0.15) is 11.9 Å². The van der Waals surface area contributed by atoms with Gasteiger partial charge in [0.05, 0.1) is 7.11 Å². The molecule has 0 spiro atoms. The number of carbonyl (C=O) groups is 2. The molecule has 0 aliphatic heterocycles. The van der Waals surface area contributed by atoms with Crippen LogP contribution in [0.5, 0.6) is 0 Å². The molecule has 0 saturated heterocycles. The van der Waals surface area contributed by atoms with Crippen molar-refractivity contribution in [3.05, 3.63) is 0 Å². The van der Waals surface area contributed by atoms with Gasteiger partial charge < -0.3 is 9.03 Å². The predicted octanol–water partition coefficient (Wildman–Crippen LogP) is 1.42. The van der Waals surface area contributed by atoms with E-state index in [0.717, 1.165) is 0 Å². The van der Waals surface area contributed by atoms with Crippen molar-refractivity contribution in [2.75, 3.05) is 7.11 Å². The Morgan fingerprint density at radius 1 is 1.17 bits per heavy atom. The van der Waals surface area contributed by atoms with Crippen molar-refractivity contribution in [2.45, 2.75) is 25.7 Å². The number of carbonyl (C=O) groups excluding carboxylic acids is 2. The fraction of sp³-hybridized carbons (Fsp3) is 0.714. The summed E-state index contributed by atoms with van der Waals surface area (Å²) in [7, 11) is 1.33. The highest BCUT2D eigenvalue weighted by molar-refractivity contribution is 6.13. The van der Waals surface area contributed by atoms with E-state index >= 15 is 0 Å². The Bertz CT molecular complexity index is 139. The molecule has 0 saturated carbocycles. The Morgan fingerprint density at radius 2 is 1.67 bits per heavy atom. The van der Waals surface area contributed by atoms with Crippen LogP contribution in [0.4, 0.5) is 0 Å². The summed E-state index contributed by atoms with van der Waals surface area (Å²) in [6.07, 6.45) is 1.76. The second kappa shape index (κ2) is 6.91. The van der Waals surface area contributed by atoms with Crippen LogP contribution in [0.3, 0.4) is 0 Å². The number of esters is 1. The number of unbranched alkanes of at least 4 members (excludes halogenated alkanes) is 1. The van der Waals surface area contributed by atoms with Crippen molar-refractivity contribution in [1.29, 1.82) is 0 Å². The van der Waals surface area contributed by atoms with Crippen LogP contribution in [-0.2, 0) is 18.6 Å². The largest absolute Gasteiger partial charge is 0.469 e. The fourth-order valence-electron chi connectivity index (χ4n) is 0.679. The van der Waals surface area contributed by atoms with E-state index in [1.807, 2.05) is 0 Å². The molecule has 0 bridgehead atoms. The van der Waals surface area contributed by atoms with Crippen LogP contribution >= 0.6 is 11.9 Å². The molecule has 0 fully saturated rings. The summed E-state index contributed by atoms with van der Waals surface area (Å²) in [6, 6.07) is 0. The molecule has 0 rings (SSSR count). The molecule has 0 aromatic rings. The molecule has 0 aliphatic carbocycles. The highest BCUT2D eigenvalue weighted by Gasteiger charge is 2.03. The second-order valence-corrected chi connectivity index (χ2v) is 2.39. The van der Waals surface area contributed by atoms with E-state index in [2.05, 4.69) is 9.03 Å². The van der Waals surface area contributed by atoms with Crippen LogP contribution in [0.1, 0.15) is 25.7 Å². The maximum absolute atomic E-state index is 10.6. The van der Waals surface area contributed by atoms with E-state index in [0.29, 0.717) is 19.3 Å². The standard InChI is InChI=1S/C7H11ClO4/c1-11-6(9)4-2-3-5-7(10)12-8/h2-5H2,1H3. The summed E-state index contributed by atoms with van der Waals surface area (Å²) in [5.74, 6) is -0.740. The Labute approximate surface area is 76.0 Å². The molecule has 0 unspecified atom stereocenters. The molecule has 0 aliphatic rings. The first kappa shape index (κ1) is 11.2. The first-order valence-electron chi connectivity index (χ1n) is 3.59. The van der Waals surface area contributed by atoms with Crippen LogP contribution in [0, 0.1) is 0 Å². The second-order valence-electron chi connectivity index (χ2n) is 2.23. The third-order valence-electron chi connectivity index (χ3n) is 1.33. The molecule has 0 radical (unpaired) electrons. The van der Waals surface area contributed by atoms with E-state index in [1.54, 1.807) is 0 Å². The zero-order valence-corrected chi connectivity index (χ0v) is 7.60. The Kier molecular flexibility index (Phi) is 6.47. The lowest BCUT2D eigenvalue weighted by Crippen LogP contribution is -2.01. The third kappa shape index (κ3) is 5.97. The lowest BCUT2D eigenvalue weighted by Gasteiger charge is -1.97. The first-order valence-corrected chi connectivity index (χ1v) is 3.89. The minimum absolute atomic E-state index is 0.237. The van der Waals surface area contributed by atoms with Gasteiger partial charge in [0.15, 0.2) is 0 Å². The summed E-state index contributed by atoms with van der Waals surface area (Å²) in [5.41, 5.74) is 0. The zero-order chi connectivity index (χ0) is 9.40. The molecule has 0 amide bonds. The topological polar surface area (TPSA) is 52.6 Å². The van der Waals surface area contributed by atoms with Crippen LogP contribution in [0.2, 0.25) is 0 Å². The van der Waals surface area contributed by atoms with Gasteiger partial charge >= 0.3 is 11.9 Å². The maximum Gasteiger partial charge on any atom is 0.324 e. The van der Waals surface area contributed by atoms with Gasteiger partial charge in [-0.1, -0.05) is 0 Å². The smallest absolute Gasteiger partial charge is 0.324 e. The molecular weight excluding hydrogens is 184 g/mol. The van der Waals surface area contributed by atoms with Crippen LogP contribution in [-0.4, -0.2) is 19.0 Å². The number of ether oxygens (including phenoxy) is 1. The molecular formula is C7H11ClO4. The fourth-order valence-corrected chi connectivity index (χ4v) is 0.756. The van der Waals surface area contributed by atoms with Gasteiger partial charge in [-0.25, -0.2) is 0 Å². The average molecular weight is 195 g/mol. The van der Waals surface area contributed by atoms with Gasteiger partial charge in [-0.15, -0.1) is 0 Å². The molecule has 0 N–H and O–H groups in total. The molecule has 12 heavy (non-hydrogen) atoms. The van der Waals surface area contributed by atoms with Crippen molar-refractivity contribution < 1.29 is 18.6 Å². The Balaban J connectivity index is 3.21. The van der Waals surface area contributed by atoms with Crippen molar-refractivity contribution >= 4 is 23.8 Å². The summed E-state index contributed by atoms with van der Waals surface area (Å²) in [6.45, 7) is 0. The minimum Gasteiger partial charge on any atom is -0.469 e. The number of methoxy groups -OCH3 is 1. The Hall–Kier alpha value is -0.770. The van der Waals surface area contributed by atoms with Gasteiger partial charge in [0.2, 0.25) is 0 Å². The van der Waals surface area contributed by atoms with Crippen LogP contribution in [0.15, 0.2) is 0 Å². The highest BCUT2D eigenvalue weighted by atomic mass is 35.5. The maximum atomic E-state index is 10.6. The van der Waals surface area contributed by atoms with E-state index in [1.165, 1.54) is 7.11 Å². The lowest BCUT2D eigenvalue weighted by atomic mass is 10.2. The minimum atomic E-state index is -0.471. The predicted molar refractivity (Wildman–Crippen MR) is 42.4 cm³/mol. The zero-order valence-electron chi connectivity index (χ0n) is 6.84. The third-order valence-corrected chi connectivity index (χ3v) is 1.50. The molecule has 70 valence electrons.